The fourth-order valence-electron chi connectivity index (χ4n) is 3.26. The van der Waals surface area contributed by atoms with Gasteiger partial charge in [-0.05, 0) is 25.7 Å². The van der Waals surface area contributed by atoms with E-state index >= 15 is 0 Å². The normalized spacial score (nSPS) is 24.8. The Labute approximate surface area is 128 Å². The van der Waals surface area contributed by atoms with Crippen LogP contribution in [-0.2, 0) is 4.79 Å². The number of hydrogen-bond acceptors (Lipinski definition) is 5. The first-order valence-electron chi connectivity index (χ1n) is 7.73. The monoisotopic (exact) mass is 308 g/mol. The molecule has 2 heterocycles. The summed E-state index contributed by atoms with van der Waals surface area (Å²) in [5.74, 6) is -0.247. The van der Waals surface area contributed by atoms with Gasteiger partial charge >= 0.3 is 0 Å². The standard InChI is InChI=1S/C15H21FN4O2/c16-10-7-13-15(19-8-10)22-9-14(21)20(13)12-3-1-11(2-4-12)18-6-5-17/h7-8,11-12,18H,1-6,9,17H2/t11-,12-. The van der Waals surface area contributed by atoms with E-state index in [0.29, 0.717) is 24.2 Å². The van der Waals surface area contributed by atoms with E-state index in [0.717, 1.165) is 38.4 Å². The molecule has 1 aromatic heterocycles. The van der Waals surface area contributed by atoms with Crippen LogP contribution in [0, 0.1) is 5.82 Å². The van der Waals surface area contributed by atoms with Gasteiger partial charge in [0.2, 0.25) is 5.88 Å². The summed E-state index contributed by atoms with van der Waals surface area (Å²) in [7, 11) is 0. The van der Waals surface area contributed by atoms with Gasteiger partial charge in [0.1, 0.15) is 11.5 Å². The summed E-state index contributed by atoms with van der Waals surface area (Å²) in [5, 5.41) is 3.41. The molecule has 1 aliphatic heterocycles. The minimum atomic E-state index is -0.458. The molecule has 3 N–H and O–H groups in total. The average molecular weight is 308 g/mol. The molecule has 1 fully saturated rings. The van der Waals surface area contributed by atoms with Crippen LogP contribution in [0.5, 0.6) is 5.88 Å². The number of nitrogens with two attached hydrogens (primary N) is 1. The molecule has 0 spiro atoms. The van der Waals surface area contributed by atoms with Crippen LogP contribution in [0.4, 0.5) is 10.1 Å². The third-order valence-corrected chi connectivity index (χ3v) is 4.30. The number of nitrogens with zero attached hydrogens (tertiary/aromatic N) is 2. The average Bonchev–Trinajstić information content (AvgIpc) is 2.53. The van der Waals surface area contributed by atoms with Crippen molar-refractivity contribution in [1.29, 1.82) is 0 Å². The molecule has 1 amide bonds. The largest absolute Gasteiger partial charge is 0.466 e. The summed E-state index contributed by atoms with van der Waals surface area (Å²) in [6, 6.07) is 1.86. The van der Waals surface area contributed by atoms with Crippen LogP contribution < -0.4 is 20.7 Å². The van der Waals surface area contributed by atoms with Gasteiger partial charge in [0.05, 0.1) is 6.20 Å². The quantitative estimate of drug-likeness (QED) is 0.860. The number of anilines is 1. The lowest BCUT2D eigenvalue weighted by molar-refractivity contribution is -0.122. The van der Waals surface area contributed by atoms with Crippen molar-refractivity contribution < 1.29 is 13.9 Å². The lowest BCUT2D eigenvalue weighted by Crippen LogP contribution is -2.49. The molecule has 0 radical (unpaired) electrons. The minimum Gasteiger partial charge on any atom is -0.466 e. The predicted octanol–water partition coefficient (Wildman–Crippen LogP) is 0.806. The molecular weight excluding hydrogens is 287 g/mol. The van der Waals surface area contributed by atoms with E-state index in [1.54, 1.807) is 4.90 Å². The first kappa shape index (κ1) is 15.2. The molecule has 22 heavy (non-hydrogen) atoms. The Bertz CT molecular complexity index is 546. The van der Waals surface area contributed by atoms with Crippen molar-refractivity contribution in [2.24, 2.45) is 5.73 Å². The van der Waals surface area contributed by atoms with Crippen molar-refractivity contribution in [2.45, 2.75) is 37.8 Å². The maximum Gasteiger partial charge on any atom is 0.265 e. The van der Waals surface area contributed by atoms with Gasteiger partial charge < -0.3 is 20.7 Å². The molecule has 120 valence electrons. The molecule has 2 aliphatic rings. The Balaban J connectivity index is 1.73. The van der Waals surface area contributed by atoms with Crippen molar-refractivity contribution in [3.05, 3.63) is 18.1 Å². The molecule has 0 atom stereocenters. The first-order chi connectivity index (χ1) is 10.7. The van der Waals surface area contributed by atoms with Gasteiger partial charge in [0.25, 0.3) is 5.91 Å². The summed E-state index contributed by atoms with van der Waals surface area (Å²) < 4.78 is 18.8. The van der Waals surface area contributed by atoms with E-state index < -0.39 is 5.82 Å². The van der Waals surface area contributed by atoms with Crippen molar-refractivity contribution >= 4 is 11.6 Å². The summed E-state index contributed by atoms with van der Waals surface area (Å²) in [6.07, 6.45) is 4.83. The second-order valence-electron chi connectivity index (χ2n) is 5.78. The Hall–Kier alpha value is -1.73. The first-order valence-corrected chi connectivity index (χ1v) is 7.73. The van der Waals surface area contributed by atoms with E-state index in [1.165, 1.54) is 6.07 Å². The third-order valence-electron chi connectivity index (χ3n) is 4.30. The number of rotatable bonds is 4. The van der Waals surface area contributed by atoms with Crippen LogP contribution in [0.1, 0.15) is 25.7 Å². The number of carbonyl (C=O) groups is 1. The molecular formula is C15H21FN4O2. The molecule has 3 rings (SSSR count). The van der Waals surface area contributed by atoms with Crippen LogP contribution in [0.25, 0.3) is 0 Å². The van der Waals surface area contributed by atoms with E-state index in [1.807, 2.05) is 0 Å². The second kappa shape index (κ2) is 6.58. The number of halogens is 1. The molecule has 1 aromatic rings. The highest BCUT2D eigenvalue weighted by molar-refractivity contribution is 5.97. The highest BCUT2D eigenvalue weighted by Gasteiger charge is 2.35. The molecule has 7 heteroatoms. The van der Waals surface area contributed by atoms with E-state index in [9.17, 15) is 9.18 Å². The Morgan fingerprint density at radius 3 is 2.91 bits per heavy atom. The lowest BCUT2D eigenvalue weighted by atomic mass is 9.89. The fourth-order valence-corrected chi connectivity index (χ4v) is 3.26. The summed E-state index contributed by atoms with van der Waals surface area (Å²) in [6.45, 7) is 1.40. The number of hydrogen-bond donors (Lipinski definition) is 2. The van der Waals surface area contributed by atoms with Crippen LogP contribution in [0.2, 0.25) is 0 Å². The molecule has 0 bridgehead atoms. The van der Waals surface area contributed by atoms with Crippen LogP contribution in [0.3, 0.4) is 0 Å². The van der Waals surface area contributed by atoms with Gasteiger partial charge in [-0.2, -0.15) is 0 Å². The summed E-state index contributed by atoms with van der Waals surface area (Å²) in [4.78, 5) is 17.9. The summed E-state index contributed by atoms with van der Waals surface area (Å²) in [5.41, 5.74) is 5.96. The Morgan fingerprint density at radius 2 is 2.18 bits per heavy atom. The zero-order valence-electron chi connectivity index (χ0n) is 12.4. The highest BCUT2D eigenvalue weighted by Crippen LogP contribution is 2.35. The van der Waals surface area contributed by atoms with Gasteiger partial charge in [0, 0.05) is 31.2 Å². The minimum absolute atomic E-state index is 0.0308. The highest BCUT2D eigenvalue weighted by atomic mass is 19.1. The fraction of sp³-hybridized carbons (Fsp3) is 0.600. The predicted molar refractivity (Wildman–Crippen MR) is 80.3 cm³/mol. The zero-order chi connectivity index (χ0) is 15.5. The number of pyridine rings is 1. The molecule has 0 saturated heterocycles. The number of ether oxygens (including phenoxy) is 1. The lowest BCUT2D eigenvalue weighted by Gasteiger charge is -2.39. The smallest absolute Gasteiger partial charge is 0.265 e. The molecule has 0 aromatic carbocycles. The van der Waals surface area contributed by atoms with Crippen molar-refractivity contribution in [1.82, 2.24) is 10.3 Å². The van der Waals surface area contributed by atoms with E-state index in [4.69, 9.17) is 10.5 Å². The Morgan fingerprint density at radius 1 is 1.41 bits per heavy atom. The number of carbonyl (C=O) groups excluding carboxylic acids is 1. The maximum atomic E-state index is 13.5. The second-order valence-corrected chi connectivity index (χ2v) is 5.78. The maximum absolute atomic E-state index is 13.5. The molecule has 6 nitrogen and oxygen atoms in total. The van der Waals surface area contributed by atoms with Crippen molar-refractivity contribution in [3.63, 3.8) is 0 Å². The summed E-state index contributed by atoms with van der Waals surface area (Å²) >= 11 is 0. The van der Waals surface area contributed by atoms with Crippen LogP contribution >= 0.6 is 0 Å². The Kier molecular flexibility index (Phi) is 4.54. The van der Waals surface area contributed by atoms with Crippen molar-refractivity contribution in [3.8, 4) is 5.88 Å². The van der Waals surface area contributed by atoms with Crippen molar-refractivity contribution in [2.75, 3.05) is 24.6 Å². The SMILES string of the molecule is NCCN[C@H]1CC[C@H](N2C(=O)COc3ncc(F)cc32)CC1. The molecule has 1 saturated carbocycles. The number of nitrogens with one attached hydrogen (secondary N) is 1. The van der Waals surface area contributed by atoms with Gasteiger partial charge in [0.15, 0.2) is 6.61 Å². The van der Waals surface area contributed by atoms with Gasteiger partial charge in [-0.25, -0.2) is 9.37 Å². The number of fused-ring (bicyclic) bond motifs is 1. The van der Waals surface area contributed by atoms with Gasteiger partial charge in [-0.1, -0.05) is 0 Å². The number of aromatic nitrogens is 1. The van der Waals surface area contributed by atoms with Crippen LogP contribution in [0.15, 0.2) is 12.3 Å². The zero-order valence-corrected chi connectivity index (χ0v) is 12.4. The topological polar surface area (TPSA) is 80.5 Å². The van der Waals surface area contributed by atoms with Crippen LogP contribution in [-0.4, -0.2) is 42.7 Å². The third kappa shape index (κ3) is 3.05. The molecule has 1 aliphatic carbocycles. The van der Waals surface area contributed by atoms with Gasteiger partial charge in [-0.15, -0.1) is 0 Å². The number of amides is 1. The van der Waals surface area contributed by atoms with E-state index in [2.05, 4.69) is 10.3 Å². The van der Waals surface area contributed by atoms with E-state index in [-0.39, 0.29) is 18.6 Å². The van der Waals surface area contributed by atoms with Gasteiger partial charge in [-0.3, -0.25) is 4.79 Å². The molecule has 0 unspecified atom stereocenters.